The molecule has 1 heterocycles. The Morgan fingerprint density at radius 2 is 1.62 bits per heavy atom. The van der Waals surface area contributed by atoms with Gasteiger partial charge in [-0.25, -0.2) is 0 Å². The number of carbonyl (C=O) groups excluding carboxylic acids is 1. The lowest BCUT2D eigenvalue weighted by Gasteiger charge is -2.10. The lowest BCUT2D eigenvalue weighted by Crippen LogP contribution is -2.15. The second-order valence-electron chi connectivity index (χ2n) is 6.92. The number of nitrogens with one attached hydrogen (secondary N) is 1. The van der Waals surface area contributed by atoms with Crippen molar-refractivity contribution in [1.82, 2.24) is 10.2 Å². The molecule has 4 nitrogen and oxygen atoms in total. The van der Waals surface area contributed by atoms with E-state index in [0.29, 0.717) is 0 Å². The summed E-state index contributed by atoms with van der Waals surface area (Å²) in [5.41, 5.74) is 4.96. The summed E-state index contributed by atoms with van der Waals surface area (Å²) >= 11 is 1.40. The normalized spacial score (nSPS) is 10.8. The molecule has 0 aliphatic carbocycles. The SMILES string of the molecule is Cc1ccc(NC(=O)CSc2nnc(-c3ccccc3)c3ccccc23)c(C)c1. The number of hydrogen-bond acceptors (Lipinski definition) is 4. The molecule has 0 saturated carbocycles. The van der Waals surface area contributed by atoms with Crippen LogP contribution in [0.1, 0.15) is 11.1 Å². The fourth-order valence-corrected chi connectivity index (χ4v) is 4.04. The highest BCUT2D eigenvalue weighted by atomic mass is 32.2. The Hall–Kier alpha value is -3.18. The van der Waals surface area contributed by atoms with E-state index in [4.69, 9.17) is 0 Å². The van der Waals surface area contributed by atoms with Gasteiger partial charge in [0.1, 0.15) is 10.7 Å². The second-order valence-corrected chi connectivity index (χ2v) is 7.88. The highest BCUT2D eigenvalue weighted by Crippen LogP contribution is 2.31. The highest BCUT2D eigenvalue weighted by molar-refractivity contribution is 8.00. The van der Waals surface area contributed by atoms with E-state index in [-0.39, 0.29) is 11.7 Å². The molecule has 4 aromatic rings. The molecule has 3 aromatic carbocycles. The number of carbonyl (C=O) groups is 1. The molecule has 0 saturated heterocycles. The fourth-order valence-electron chi connectivity index (χ4n) is 3.27. The largest absolute Gasteiger partial charge is 0.325 e. The van der Waals surface area contributed by atoms with E-state index in [2.05, 4.69) is 21.6 Å². The molecule has 144 valence electrons. The van der Waals surface area contributed by atoms with Crippen LogP contribution in [0.4, 0.5) is 5.69 Å². The molecule has 1 N–H and O–H groups in total. The van der Waals surface area contributed by atoms with E-state index in [1.54, 1.807) is 0 Å². The topological polar surface area (TPSA) is 54.9 Å². The van der Waals surface area contributed by atoms with Gasteiger partial charge in [0.2, 0.25) is 5.91 Å². The van der Waals surface area contributed by atoms with E-state index in [1.165, 1.54) is 17.3 Å². The average Bonchev–Trinajstić information content (AvgIpc) is 2.74. The first-order chi connectivity index (χ1) is 14.1. The van der Waals surface area contributed by atoms with Crippen LogP contribution in [-0.2, 0) is 4.79 Å². The van der Waals surface area contributed by atoms with Crippen LogP contribution in [-0.4, -0.2) is 21.9 Å². The number of anilines is 1. The molecule has 0 atom stereocenters. The molecule has 0 spiro atoms. The van der Waals surface area contributed by atoms with Crippen molar-refractivity contribution in [3.8, 4) is 11.3 Å². The Morgan fingerprint density at radius 1 is 0.897 bits per heavy atom. The third-order valence-corrected chi connectivity index (χ3v) is 5.68. The lowest BCUT2D eigenvalue weighted by atomic mass is 10.1. The van der Waals surface area contributed by atoms with Gasteiger partial charge in [-0.05, 0) is 25.5 Å². The minimum absolute atomic E-state index is 0.0556. The fraction of sp³-hybridized carbons (Fsp3) is 0.125. The Bertz CT molecular complexity index is 1180. The Morgan fingerprint density at radius 3 is 2.38 bits per heavy atom. The van der Waals surface area contributed by atoms with Crippen LogP contribution < -0.4 is 5.32 Å². The van der Waals surface area contributed by atoms with Gasteiger partial charge in [0.25, 0.3) is 0 Å². The van der Waals surface area contributed by atoms with Crippen LogP contribution in [0.3, 0.4) is 0 Å². The van der Waals surface area contributed by atoms with Crippen molar-refractivity contribution >= 4 is 34.1 Å². The first-order valence-electron chi connectivity index (χ1n) is 9.42. The molecular weight excluding hydrogens is 378 g/mol. The van der Waals surface area contributed by atoms with Crippen LogP contribution in [0.25, 0.3) is 22.0 Å². The number of nitrogens with zero attached hydrogens (tertiary/aromatic N) is 2. The molecule has 1 amide bonds. The molecule has 0 bridgehead atoms. The van der Waals surface area contributed by atoms with E-state index < -0.39 is 0 Å². The van der Waals surface area contributed by atoms with E-state index in [0.717, 1.165) is 38.3 Å². The molecule has 0 fully saturated rings. The number of benzene rings is 3. The van der Waals surface area contributed by atoms with Crippen molar-refractivity contribution in [3.05, 3.63) is 83.9 Å². The summed E-state index contributed by atoms with van der Waals surface area (Å²) in [5, 5.41) is 14.7. The lowest BCUT2D eigenvalue weighted by molar-refractivity contribution is -0.113. The molecule has 0 aliphatic heterocycles. The van der Waals surface area contributed by atoms with Crippen molar-refractivity contribution in [2.24, 2.45) is 0 Å². The van der Waals surface area contributed by atoms with Crippen LogP contribution in [0, 0.1) is 13.8 Å². The Balaban J connectivity index is 1.55. The summed E-state index contributed by atoms with van der Waals surface area (Å²) in [7, 11) is 0. The molecule has 4 rings (SSSR count). The predicted molar refractivity (Wildman–Crippen MR) is 120 cm³/mol. The van der Waals surface area contributed by atoms with Gasteiger partial charge in [0.05, 0.1) is 5.75 Å². The molecule has 1 aromatic heterocycles. The van der Waals surface area contributed by atoms with E-state index >= 15 is 0 Å². The van der Waals surface area contributed by atoms with Crippen molar-refractivity contribution in [2.75, 3.05) is 11.1 Å². The first-order valence-corrected chi connectivity index (χ1v) is 10.4. The Kier molecular flexibility index (Phi) is 5.58. The maximum atomic E-state index is 12.5. The third kappa shape index (κ3) is 4.30. The summed E-state index contributed by atoms with van der Waals surface area (Å²) in [6, 6.07) is 24.1. The van der Waals surface area contributed by atoms with Gasteiger partial charge >= 0.3 is 0 Å². The maximum Gasteiger partial charge on any atom is 0.234 e. The van der Waals surface area contributed by atoms with Crippen LogP contribution in [0.5, 0.6) is 0 Å². The van der Waals surface area contributed by atoms with Gasteiger partial charge in [0, 0.05) is 22.0 Å². The third-order valence-electron chi connectivity index (χ3n) is 4.70. The number of hydrogen-bond donors (Lipinski definition) is 1. The van der Waals surface area contributed by atoms with Crippen LogP contribution in [0.2, 0.25) is 0 Å². The number of amides is 1. The summed E-state index contributed by atoms with van der Waals surface area (Å²) in [4.78, 5) is 12.5. The summed E-state index contributed by atoms with van der Waals surface area (Å²) in [6.07, 6.45) is 0. The summed E-state index contributed by atoms with van der Waals surface area (Å²) in [6.45, 7) is 4.04. The maximum absolute atomic E-state index is 12.5. The van der Waals surface area contributed by atoms with E-state index in [9.17, 15) is 4.79 Å². The highest BCUT2D eigenvalue weighted by Gasteiger charge is 2.13. The smallest absolute Gasteiger partial charge is 0.234 e. The molecule has 0 unspecified atom stereocenters. The zero-order chi connectivity index (χ0) is 20.2. The zero-order valence-electron chi connectivity index (χ0n) is 16.3. The van der Waals surface area contributed by atoms with Crippen LogP contribution in [0.15, 0.2) is 77.8 Å². The van der Waals surface area contributed by atoms with Crippen molar-refractivity contribution in [3.63, 3.8) is 0 Å². The quantitative estimate of drug-likeness (QED) is 0.441. The number of fused-ring (bicyclic) bond motifs is 1. The molecular formula is C24H21N3OS. The van der Waals surface area contributed by atoms with Gasteiger partial charge in [-0.3, -0.25) is 4.79 Å². The molecule has 5 heteroatoms. The van der Waals surface area contributed by atoms with Crippen molar-refractivity contribution < 1.29 is 4.79 Å². The molecule has 0 radical (unpaired) electrons. The van der Waals surface area contributed by atoms with Gasteiger partial charge in [-0.15, -0.1) is 10.2 Å². The molecule has 29 heavy (non-hydrogen) atoms. The number of rotatable bonds is 5. The monoisotopic (exact) mass is 399 g/mol. The van der Waals surface area contributed by atoms with Crippen molar-refractivity contribution in [1.29, 1.82) is 0 Å². The van der Waals surface area contributed by atoms with Gasteiger partial charge in [-0.1, -0.05) is 84.1 Å². The first kappa shape index (κ1) is 19.2. The number of thioether (sulfide) groups is 1. The number of aromatic nitrogens is 2. The van der Waals surface area contributed by atoms with Gasteiger partial charge < -0.3 is 5.32 Å². The predicted octanol–water partition coefficient (Wildman–Crippen LogP) is 5.64. The van der Waals surface area contributed by atoms with Gasteiger partial charge in [0.15, 0.2) is 0 Å². The van der Waals surface area contributed by atoms with Gasteiger partial charge in [-0.2, -0.15) is 0 Å². The second kappa shape index (κ2) is 8.45. The average molecular weight is 400 g/mol. The summed E-state index contributed by atoms with van der Waals surface area (Å²) in [5.74, 6) is 0.219. The molecule has 0 aliphatic rings. The zero-order valence-corrected chi connectivity index (χ0v) is 17.2. The minimum atomic E-state index is -0.0556. The minimum Gasteiger partial charge on any atom is -0.325 e. The Labute approximate surface area is 174 Å². The van der Waals surface area contributed by atoms with E-state index in [1.807, 2.05) is 80.6 Å². The van der Waals surface area contributed by atoms with Crippen LogP contribution >= 0.6 is 11.8 Å². The number of aryl methyl sites for hydroxylation is 2. The standard InChI is InChI=1S/C24H21N3OS/c1-16-12-13-21(17(2)14-16)25-22(28)15-29-24-20-11-7-6-10-19(20)23(26-27-24)18-8-4-3-5-9-18/h3-14H,15H2,1-2H3,(H,25,28). The van der Waals surface area contributed by atoms with Crippen molar-refractivity contribution in [2.45, 2.75) is 18.9 Å². The summed E-state index contributed by atoms with van der Waals surface area (Å²) < 4.78 is 0.